The van der Waals surface area contributed by atoms with E-state index in [1.54, 1.807) is 28.0 Å². The minimum absolute atomic E-state index is 0.0237. The van der Waals surface area contributed by atoms with E-state index >= 15 is 0 Å². The van der Waals surface area contributed by atoms with Crippen LogP contribution in [0.1, 0.15) is 39.8 Å². The molecule has 1 atom stereocenters. The summed E-state index contributed by atoms with van der Waals surface area (Å²) in [6.45, 7) is 3.98. The average Bonchev–Trinajstić information content (AvgIpc) is 3.45. The van der Waals surface area contributed by atoms with Crippen LogP contribution in [-0.2, 0) is 4.79 Å². The minimum Gasteiger partial charge on any atom is -0.366 e. The molecular formula is C22H24FN3O3S. The first kappa shape index (κ1) is 20.5. The maximum absolute atomic E-state index is 14.5. The number of anilines is 1. The number of hydrogen-bond acceptors (Lipinski definition) is 5. The monoisotopic (exact) mass is 429 g/mol. The fourth-order valence-electron chi connectivity index (χ4n) is 4.17. The predicted molar refractivity (Wildman–Crippen MR) is 114 cm³/mol. The average molecular weight is 430 g/mol. The largest absolute Gasteiger partial charge is 0.366 e. The van der Waals surface area contributed by atoms with E-state index in [-0.39, 0.29) is 17.6 Å². The lowest BCUT2D eigenvalue weighted by Crippen LogP contribution is -2.54. The molecule has 1 aromatic carbocycles. The fraction of sp³-hybridized carbons (Fsp3) is 0.409. The van der Waals surface area contributed by atoms with Crippen molar-refractivity contribution in [2.75, 3.05) is 37.6 Å². The number of piperazine rings is 1. The van der Waals surface area contributed by atoms with Gasteiger partial charge in [0.2, 0.25) is 5.91 Å². The minimum atomic E-state index is -0.425. The molecule has 2 aliphatic rings. The number of halogens is 1. The number of carbonyl (C=O) groups is 3. The summed E-state index contributed by atoms with van der Waals surface area (Å²) in [5, 5.41) is 1.86. The molecule has 2 aliphatic heterocycles. The Bertz CT molecular complexity index is 955. The first-order valence-electron chi connectivity index (χ1n) is 10.1. The van der Waals surface area contributed by atoms with Crippen molar-refractivity contribution in [2.24, 2.45) is 0 Å². The van der Waals surface area contributed by atoms with Crippen molar-refractivity contribution in [3.8, 4) is 0 Å². The van der Waals surface area contributed by atoms with Gasteiger partial charge in [0.1, 0.15) is 11.9 Å². The summed E-state index contributed by atoms with van der Waals surface area (Å²) in [5.41, 5.74) is 0.796. The Morgan fingerprint density at radius 2 is 1.83 bits per heavy atom. The third-order valence-corrected chi connectivity index (χ3v) is 6.67. The molecule has 3 heterocycles. The summed E-state index contributed by atoms with van der Waals surface area (Å²) in [5.74, 6) is -0.698. The van der Waals surface area contributed by atoms with E-state index in [2.05, 4.69) is 0 Å². The van der Waals surface area contributed by atoms with Gasteiger partial charge in [0.05, 0.1) is 10.6 Å². The Labute approximate surface area is 178 Å². The second-order valence-electron chi connectivity index (χ2n) is 7.67. The number of likely N-dealkylation sites (tertiary alicyclic amines) is 1. The van der Waals surface area contributed by atoms with Crippen LogP contribution in [0, 0.1) is 5.82 Å². The number of rotatable bonds is 4. The smallest absolute Gasteiger partial charge is 0.264 e. The van der Waals surface area contributed by atoms with Crippen molar-refractivity contribution in [3.63, 3.8) is 0 Å². The first-order valence-corrected chi connectivity index (χ1v) is 11.0. The molecule has 0 radical (unpaired) electrons. The molecule has 0 spiro atoms. The van der Waals surface area contributed by atoms with E-state index in [0.717, 1.165) is 6.42 Å². The Hall–Kier alpha value is -2.74. The van der Waals surface area contributed by atoms with E-state index in [4.69, 9.17) is 0 Å². The summed E-state index contributed by atoms with van der Waals surface area (Å²) in [6, 6.07) is 7.73. The van der Waals surface area contributed by atoms with Crippen molar-refractivity contribution < 1.29 is 18.8 Å². The number of hydrogen-bond donors (Lipinski definition) is 0. The van der Waals surface area contributed by atoms with Crippen LogP contribution in [-0.4, -0.2) is 66.2 Å². The van der Waals surface area contributed by atoms with E-state index in [9.17, 15) is 18.8 Å². The number of amides is 2. The van der Waals surface area contributed by atoms with Gasteiger partial charge in [0, 0.05) is 38.3 Å². The number of benzene rings is 1. The van der Waals surface area contributed by atoms with Gasteiger partial charge in [-0.15, -0.1) is 11.3 Å². The zero-order valence-electron chi connectivity index (χ0n) is 16.8. The highest BCUT2D eigenvalue weighted by molar-refractivity contribution is 7.12. The quantitative estimate of drug-likeness (QED) is 0.701. The summed E-state index contributed by atoms with van der Waals surface area (Å²) < 4.78 is 14.5. The van der Waals surface area contributed by atoms with Gasteiger partial charge in [-0.1, -0.05) is 6.07 Å². The van der Waals surface area contributed by atoms with E-state index in [1.807, 2.05) is 16.3 Å². The molecule has 4 rings (SSSR count). The molecule has 2 aromatic rings. The van der Waals surface area contributed by atoms with Crippen LogP contribution in [0.25, 0.3) is 0 Å². The number of Topliss-reactive ketones (excluding diaryl/α,β-unsaturated/α-hetero) is 1. The molecule has 8 heteroatoms. The second-order valence-corrected chi connectivity index (χ2v) is 8.62. The lowest BCUT2D eigenvalue weighted by Gasteiger charge is -2.38. The third kappa shape index (κ3) is 3.96. The SMILES string of the molecule is CC(=O)c1ccc(N2CCN(C(=O)[C@@H]3CCCN3C(=O)c3cccs3)CC2)c(F)c1. The maximum Gasteiger partial charge on any atom is 0.264 e. The zero-order valence-corrected chi connectivity index (χ0v) is 17.7. The van der Waals surface area contributed by atoms with Crippen molar-refractivity contribution in [2.45, 2.75) is 25.8 Å². The molecule has 30 heavy (non-hydrogen) atoms. The first-order chi connectivity index (χ1) is 14.5. The highest BCUT2D eigenvalue weighted by Crippen LogP contribution is 2.26. The van der Waals surface area contributed by atoms with Crippen LogP contribution in [0.4, 0.5) is 10.1 Å². The normalized spacial score (nSPS) is 19.3. The number of thiophene rings is 1. The van der Waals surface area contributed by atoms with Crippen LogP contribution in [0.5, 0.6) is 0 Å². The van der Waals surface area contributed by atoms with Crippen molar-refractivity contribution in [3.05, 3.63) is 52.0 Å². The van der Waals surface area contributed by atoms with Crippen LogP contribution in [0.2, 0.25) is 0 Å². The van der Waals surface area contributed by atoms with Gasteiger partial charge >= 0.3 is 0 Å². The van der Waals surface area contributed by atoms with Crippen molar-refractivity contribution >= 4 is 34.6 Å². The molecule has 0 aliphatic carbocycles. The number of nitrogens with zero attached hydrogens (tertiary/aromatic N) is 3. The van der Waals surface area contributed by atoms with Gasteiger partial charge in [-0.25, -0.2) is 4.39 Å². The lowest BCUT2D eigenvalue weighted by atomic mass is 10.1. The van der Waals surface area contributed by atoms with E-state index in [0.29, 0.717) is 55.3 Å². The van der Waals surface area contributed by atoms with Crippen molar-refractivity contribution in [1.82, 2.24) is 9.80 Å². The summed E-state index contributed by atoms with van der Waals surface area (Å²) in [6.07, 6.45) is 1.50. The zero-order chi connectivity index (χ0) is 21.3. The molecule has 2 saturated heterocycles. The van der Waals surface area contributed by atoms with Crippen LogP contribution in [0.15, 0.2) is 35.7 Å². The molecule has 0 unspecified atom stereocenters. The molecule has 0 bridgehead atoms. The van der Waals surface area contributed by atoms with Gasteiger partial charge in [0.15, 0.2) is 5.78 Å². The molecule has 0 N–H and O–H groups in total. The standard InChI is InChI=1S/C22H24FN3O3S/c1-15(27)16-6-7-18(17(23)14-16)24-9-11-25(12-10-24)21(28)19-4-2-8-26(19)22(29)20-5-3-13-30-20/h3,5-7,13-14,19H,2,4,8-12H2,1H3/t19-/m0/s1. The Balaban J connectivity index is 1.39. The maximum atomic E-state index is 14.5. The van der Waals surface area contributed by atoms with E-state index < -0.39 is 11.9 Å². The predicted octanol–water partition coefficient (Wildman–Crippen LogP) is 3.04. The number of carbonyl (C=O) groups excluding carboxylic acids is 3. The molecule has 0 saturated carbocycles. The van der Waals surface area contributed by atoms with Gasteiger partial charge in [-0.2, -0.15) is 0 Å². The Kier molecular flexibility index (Phi) is 5.85. The molecular weight excluding hydrogens is 405 g/mol. The van der Waals surface area contributed by atoms with E-state index in [1.165, 1.54) is 24.3 Å². The lowest BCUT2D eigenvalue weighted by molar-refractivity contribution is -0.135. The van der Waals surface area contributed by atoms with Gasteiger partial charge < -0.3 is 14.7 Å². The second kappa shape index (κ2) is 8.55. The molecule has 6 nitrogen and oxygen atoms in total. The van der Waals surface area contributed by atoms with Crippen LogP contribution >= 0.6 is 11.3 Å². The van der Waals surface area contributed by atoms with Crippen molar-refractivity contribution in [1.29, 1.82) is 0 Å². The Morgan fingerprint density at radius 3 is 2.47 bits per heavy atom. The third-order valence-electron chi connectivity index (χ3n) is 5.82. The number of ketones is 1. The Morgan fingerprint density at radius 1 is 1.07 bits per heavy atom. The molecule has 2 amide bonds. The summed E-state index contributed by atoms with van der Waals surface area (Å²) >= 11 is 1.39. The van der Waals surface area contributed by atoms with Gasteiger partial charge in [-0.3, -0.25) is 14.4 Å². The van der Waals surface area contributed by atoms with Gasteiger partial charge in [-0.05, 0) is 49.4 Å². The van der Waals surface area contributed by atoms with Crippen LogP contribution < -0.4 is 4.90 Å². The molecule has 158 valence electrons. The fourth-order valence-corrected chi connectivity index (χ4v) is 4.85. The highest BCUT2D eigenvalue weighted by Gasteiger charge is 2.38. The molecule has 2 fully saturated rings. The van der Waals surface area contributed by atoms with Crippen LogP contribution in [0.3, 0.4) is 0 Å². The summed E-state index contributed by atoms with van der Waals surface area (Å²) in [4.78, 5) is 43.3. The molecule has 1 aromatic heterocycles. The summed E-state index contributed by atoms with van der Waals surface area (Å²) in [7, 11) is 0. The van der Waals surface area contributed by atoms with Gasteiger partial charge in [0.25, 0.3) is 5.91 Å². The topological polar surface area (TPSA) is 60.9 Å². The highest BCUT2D eigenvalue weighted by atomic mass is 32.1.